The van der Waals surface area contributed by atoms with E-state index in [1.807, 2.05) is 18.2 Å². The number of nitrogens with zero attached hydrogens (tertiary/aromatic N) is 5. The van der Waals surface area contributed by atoms with Gasteiger partial charge in [-0.05, 0) is 18.6 Å². The van der Waals surface area contributed by atoms with Crippen molar-refractivity contribution in [3.8, 4) is 17.3 Å². The van der Waals surface area contributed by atoms with Gasteiger partial charge in [-0.2, -0.15) is 4.98 Å². The zero-order valence-electron chi connectivity index (χ0n) is 18.0. The van der Waals surface area contributed by atoms with Crippen LogP contribution in [0.3, 0.4) is 0 Å². The number of hydrogen-bond acceptors (Lipinski definition) is 9. The maximum Gasteiger partial charge on any atom is 0.424 e. The van der Waals surface area contributed by atoms with E-state index in [1.54, 1.807) is 30.9 Å². The van der Waals surface area contributed by atoms with Gasteiger partial charge in [0.2, 0.25) is 5.88 Å². The van der Waals surface area contributed by atoms with E-state index in [1.165, 1.54) is 4.57 Å². The van der Waals surface area contributed by atoms with Crippen LogP contribution in [0.25, 0.3) is 11.4 Å². The Balaban J connectivity index is 1.16. The van der Waals surface area contributed by atoms with Gasteiger partial charge in [0, 0.05) is 56.2 Å². The molecule has 0 spiro atoms. The molecule has 10 heteroatoms. The first-order valence-corrected chi connectivity index (χ1v) is 10.9. The third-order valence-electron chi connectivity index (χ3n) is 5.28. The minimum atomic E-state index is -0.399. The molecule has 1 N–H and O–H groups in total. The fraction of sp³-hybridized carbons (Fsp3) is 0.348. The quantitative estimate of drug-likeness (QED) is 0.520. The molecule has 1 saturated heterocycles. The monoisotopic (exact) mass is 448 g/mol. The van der Waals surface area contributed by atoms with Crippen molar-refractivity contribution >= 4 is 5.84 Å². The Kier molecular flexibility index (Phi) is 6.36. The number of oxazole rings is 1. The smallest absolute Gasteiger partial charge is 0.424 e. The van der Waals surface area contributed by atoms with Crippen LogP contribution in [0.2, 0.25) is 0 Å². The van der Waals surface area contributed by atoms with Crippen molar-refractivity contribution in [2.24, 2.45) is 4.99 Å². The minimum absolute atomic E-state index is 0.0544. The standard InChI is InChI=1S/C23H24N6O4/c30-23-29(20-3-1-2-7-26-20)13-18(33-23)5-8-24-12-17-11-16(4-9-25-17)22-27-10-6-21(28-22)32-19-14-31-15-19/h2,4,6-7,9-11,13,19,24H,1,3,5,8,12,14-15H2. The third-order valence-corrected chi connectivity index (χ3v) is 5.28. The van der Waals surface area contributed by atoms with Crippen molar-refractivity contribution in [1.82, 2.24) is 24.8 Å². The summed E-state index contributed by atoms with van der Waals surface area (Å²) >= 11 is 0. The number of ether oxygens (including phenoxy) is 2. The molecule has 0 radical (unpaired) electrons. The molecule has 0 bridgehead atoms. The average Bonchev–Trinajstić information content (AvgIpc) is 3.20. The van der Waals surface area contributed by atoms with E-state index in [4.69, 9.17) is 13.9 Å². The highest BCUT2D eigenvalue weighted by Crippen LogP contribution is 2.19. The Morgan fingerprint density at radius 3 is 2.94 bits per heavy atom. The molecular weight excluding hydrogens is 424 g/mol. The molecule has 5 heterocycles. The number of aromatic nitrogens is 4. The van der Waals surface area contributed by atoms with Crippen LogP contribution in [0.5, 0.6) is 5.88 Å². The summed E-state index contributed by atoms with van der Waals surface area (Å²) in [5, 5.41) is 3.34. The number of rotatable bonds is 8. The van der Waals surface area contributed by atoms with Crippen LogP contribution in [0.4, 0.5) is 0 Å². The molecule has 0 atom stereocenters. The Morgan fingerprint density at radius 1 is 1.21 bits per heavy atom. The van der Waals surface area contributed by atoms with Crippen molar-refractivity contribution < 1.29 is 13.9 Å². The van der Waals surface area contributed by atoms with E-state index in [2.05, 4.69) is 25.3 Å². The van der Waals surface area contributed by atoms with Crippen LogP contribution < -0.4 is 15.8 Å². The first kappa shape index (κ1) is 21.2. The van der Waals surface area contributed by atoms with Gasteiger partial charge in [0.1, 0.15) is 17.7 Å². The molecule has 0 amide bonds. The van der Waals surface area contributed by atoms with E-state index in [-0.39, 0.29) is 6.10 Å². The highest BCUT2D eigenvalue weighted by atomic mass is 16.6. The van der Waals surface area contributed by atoms with Crippen molar-refractivity contribution in [2.75, 3.05) is 19.8 Å². The summed E-state index contributed by atoms with van der Waals surface area (Å²) < 4.78 is 17.7. The fourth-order valence-electron chi connectivity index (χ4n) is 3.49. The summed E-state index contributed by atoms with van der Waals surface area (Å²) in [5.41, 5.74) is 1.72. The van der Waals surface area contributed by atoms with Gasteiger partial charge in [0.15, 0.2) is 5.82 Å². The Labute approximate surface area is 190 Å². The van der Waals surface area contributed by atoms with Crippen LogP contribution in [0.15, 0.2) is 63.3 Å². The summed E-state index contributed by atoms with van der Waals surface area (Å²) in [5.74, 6) is 2.05. The summed E-state index contributed by atoms with van der Waals surface area (Å²) in [4.78, 5) is 29.6. The minimum Gasteiger partial charge on any atom is -0.469 e. The first-order chi connectivity index (χ1) is 16.2. The summed E-state index contributed by atoms with van der Waals surface area (Å²) in [6, 6.07) is 5.56. The van der Waals surface area contributed by atoms with E-state index in [0.717, 1.165) is 24.1 Å². The van der Waals surface area contributed by atoms with Crippen LogP contribution in [0, 0.1) is 0 Å². The van der Waals surface area contributed by atoms with Crippen LogP contribution in [-0.2, 0) is 17.7 Å². The highest BCUT2D eigenvalue weighted by Gasteiger charge is 2.21. The van der Waals surface area contributed by atoms with Gasteiger partial charge in [0.05, 0.1) is 25.1 Å². The van der Waals surface area contributed by atoms with Crippen LogP contribution >= 0.6 is 0 Å². The molecule has 1 fully saturated rings. The van der Waals surface area contributed by atoms with Crippen LogP contribution in [-0.4, -0.2) is 51.2 Å². The van der Waals surface area contributed by atoms with Gasteiger partial charge >= 0.3 is 5.76 Å². The molecule has 3 aromatic rings. The number of nitrogens with one attached hydrogen (secondary N) is 1. The van der Waals surface area contributed by atoms with Gasteiger partial charge in [0.25, 0.3) is 0 Å². The van der Waals surface area contributed by atoms with E-state index in [0.29, 0.717) is 56.0 Å². The predicted molar refractivity (Wildman–Crippen MR) is 120 cm³/mol. The maximum absolute atomic E-state index is 12.1. The second-order valence-electron chi connectivity index (χ2n) is 7.76. The van der Waals surface area contributed by atoms with Gasteiger partial charge in [-0.25, -0.2) is 19.3 Å². The Bertz CT molecular complexity index is 1230. The average molecular weight is 448 g/mol. The van der Waals surface area contributed by atoms with Gasteiger partial charge < -0.3 is 19.2 Å². The van der Waals surface area contributed by atoms with E-state index in [9.17, 15) is 4.79 Å². The lowest BCUT2D eigenvalue weighted by atomic mass is 10.2. The number of allylic oxidation sites excluding steroid dienone is 1. The van der Waals surface area contributed by atoms with Crippen molar-refractivity contribution in [2.45, 2.75) is 31.9 Å². The summed E-state index contributed by atoms with van der Waals surface area (Å²) in [7, 11) is 0. The predicted octanol–water partition coefficient (Wildman–Crippen LogP) is 1.96. The lowest BCUT2D eigenvalue weighted by molar-refractivity contribution is -0.0813. The topological polar surface area (TPSA) is 117 Å². The lowest BCUT2D eigenvalue weighted by Crippen LogP contribution is -2.38. The maximum atomic E-state index is 12.1. The molecule has 2 aliphatic rings. The molecule has 5 rings (SSSR count). The zero-order chi connectivity index (χ0) is 22.5. The first-order valence-electron chi connectivity index (χ1n) is 10.9. The van der Waals surface area contributed by atoms with Crippen molar-refractivity contribution in [3.63, 3.8) is 0 Å². The fourth-order valence-corrected chi connectivity index (χ4v) is 3.49. The van der Waals surface area contributed by atoms with Crippen molar-refractivity contribution in [3.05, 3.63) is 71.1 Å². The Hall–Kier alpha value is -3.63. The largest absolute Gasteiger partial charge is 0.469 e. The van der Waals surface area contributed by atoms with Crippen molar-refractivity contribution in [1.29, 1.82) is 0 Å². The highest BCUT2D eigenvalue weighted by molar-refractivity contribution is 5.85. The normalized spacial score (nSPS) is 15.8. The summed E-state index contributed by atoms with van der Waals surface area (Å²) in [6.07, 6.45) is 11.1. The lowest BCUT2D eigenvalue weighted by Gasteiger charge is -2.26. The van der Waals surface area contributed by atoms with E-state index >= 15 is 0 Å². The van der Waals surface area contributed by atoms with E-state index < -0.39 is 5.76 Å². The molecular formula is C23H24N6O4. The molecule has 0 saturated carbocycles. The second kappa shape index (κ2) is 9.88. The molecule has 10 nitrogen and oxygen atoms in total. The third kappa shape index (κ3) is 5.24. The molecule has 170 valence electrons. The van der Waals surface area contributed by atoms with Crippen LogP contribution in [0.1, 0.15) is 24.3 Å². The zero-order valence-corrected chi connectivity index (χ0v) is 18.0. The number of hydrogen-bond donors (Lipinski definition) is 1. The van der Waals surface area contributed by atoms with Gasteiger partial charge in [-0.15, -0.1) is 0 Å². The molecule has 3 aromatic heterocycles. The molecule has 0 unspecified atom stereocenters. The van der Waals surface area contributed by atoms with Gasteiger partial charge in [-0.3, -0.25) is 4.98 Å². The molecule has 0 aliphatic carbocycles. The molecule has 2 aliphatic heterocycles. The number of pyridine rings is 1. The summed E-state index contributed by atoms with van der Waals surface area (Å²) in [6.45, 7) is 2.37. The molecule has 33 heavy (non-hydrogen) atoms. The van der Waals surface area contributed by atoms with Gasteiger partial charge in [-0.1, -0.05) is 6.08 Å². The second-order valence-corrected chi connectivity index (χ2v) is 7.76. The number of aliphatic imine (C=N–C) groups is 1. The Morgan fingerprint density at radius 2 is 2.12 bits per heavy atom. The SMILES string of the molecule is O=c1oc(CCNCc2cc(-c3nccc(OC4COC4)n3)ccn2)cn1C1=NC=CCC1. The molecule has 0 aromatic carbocycles.